The lowest BCUT2D eigenvalue weighted by Crippen LogP contribution is -2.45. The van der Waals surface area contributed by atoms with Crippen molar-refractivity contribution in [3.05, 3.63) is 54.1 Å². The van der Waals surface area contributed by atoms with Gasteiger partial charge in [-0.1, -0.05) is 0 Å². The van der Waals surface area contributed by atoms with Gasteiger partial charge in [-0.2, -0.15) is 0 Å². The van der Waals surface area contributed by atoms with Crippen LogP contribution in [0.2, 0.25) is 0 Å². The Labute approximate surface area is 162 Å². The Balaban J connectivity index is 1.55. The van der Waals surface area contributed by atoms with Gasteiger partial charge in [0, 0.05) is 24.2 Å². The predicted octanol–water partition coefficient (Wildman–Crippen LogP) is 1.52. The summed E-state index contributed by atoms with van der Waals surface area (Å²) in [5.74, 6) is -0.245. The van der Waals surface area contributed by atoms with E-state index in [9.17, 15) is 14.4 Å². The zero-order chi connectivity index (χ0) is 20.1. The molecule has 0 unspecified atom stereocenters. The van der Waals surface area contributed by atoms with E-state index < -0.39 is 17.7 Å². The molecular weight excluding hydrogens is 362 g/mol. The van der Waals surface area contributed by atoms with Gasteiger partial charge in [-0.05, 0) is 48.5 Å². The van der Waals surface area contributed by atoms with E-state index in [0.29, 0.717) is 22.7 Å². The zero-order valence-electron chi connectivity index (χ0n) is 15.6. The summed E-state index contributed by atoms with van der Waals surface area (Å²) in [5, 5.41) is 0. The summed E-state index contributed by atoms with van der Waals surface area (Å²) < 4.78 is 10.1. The molecule has 2 aromatic rings. The van der Waals surface area contributed by atoms with Crippen molar-refractivity contribution in [1.82, 2.24) is 10.9 Å². The van der Waals surface area contributed by atoms with Gasteiger partial charge in [0.15, 0.2) is 0 Å². The maximum absolute atomic E-state index is 12.4. The van der Waals surface area contributed by atoms with Crippen LogP contribution in [0.25, 0.3) is 0 Å². The van der Waals surface area contributed by atoms with E-state index in [4.69, 9.17) is 9.47 Å². The van der Waals surface area contributed by atoms with Crippen molar-refractivity contribution in [3.8, 4) is 11.5 Å². The number of anilines is 1. The third-order valence-electron chi connectivity index (χ3n) is 4.53. The standard InChI is InChI=1S/C20H21N3O5/c1-27-16-7-3-13(4-8-16)19(25)21-22-20(26)14-11-18(24)23(12-14)15-5-9-17(28-2)10-6-15/h3-10,14H,11-12H2,1-2H3,(H,21,25)(H,22,26)/t14-/m1/s1. The number of hydrogen-bond donors (Lipinski definition) is 2. The Bertz CT molecular complexity index is 864. The minimum absolute atomic E-state index is 0.0796. The molecule has 0 radical (unpaired) electrons. The number of nitrogens with one attached hydrogen (secondary N) is 2. The minimum atomic E-state index is -0.550. The molecule has 28 heavy (non-hydrogen) atoms. The molecule has 8 heteroatoms. The van der Waals surface area contributed by atoms with Crippen LogP contribution in [0.4, 0.5) is 5.69 Å². The van der Waals surface area contributed by atoms with Gasteiger partial charge in [0.1, 0.15) is 11.5 Å². The largest absolute Gasteiger partial charge is 0.497 e. The molecular formula is C20H21N3O5. The van der Waals surface area contributed by atoms with Crippen LogP contribution in [0.1, 0.15) is 16.8 Å². The van der Waals surface area contributed by atoms with E-state index in [-0.39, 0.29) is 18.9 Å². The van der Waals surface area contributed by atoms with Crippen molar-refractivity contribution in [3.63, 3.8) is 0 Å². The molecule has 2 aromatic carbocycles. The summed E-state index contributed by atoms with van der Waals surface area (Å²) >= 11 is 0. The van der Waals surface area contributed by atoms with Crippen molar-refractivity contribution in [1.29, 1.82) is 0 Å². The molecule has 0 bridgehead atoms. The second kappa shape index (κ2) is 8.43. The van der Waals surface area contributed by atoms with Gasteiger partial charge in [-0.15, -0.1) is 0 Å². The topological polar surface area (TPSA) is 97.0 Å². The molecule has 1 fully saturated rings. The molecule has 3 amide bonds. The number of hydrogen-bond acceptors (Lipinski definition) is 5. The number of carbonyl (C=O) groups excluding carboxylic acids is 3. The van der Waals surface area contributed by atoms with E-state index in [1.165, 1.54) is 7.11 Å². The van der Waals surface area contributed by atoms with E-state index in [1.807, 2.05) is 0 Å². The molecule has 1 aliphatic heterocycles. The molecule has 0 aliphatic carbocycles. The lowest BCUT2D eigenvalue weighted by molar-refractivity contribution is -0.126. The van der Waals surface area contributed by atoms with Crippen LogP contribution < -0.4 is 25.2 Å². The first-order valence-corrected chi connectivity index (χ1v) is 8.70. The predicted molar refractivity (Wildman–Crippen MR) is 102 cm³/mol. The van der Waals surface area contributed by atoms with Gasteiger partial charge in [-0.3, -0.25) is 25.2 Å². The van der Waals surface area contributed by atoms with E-state index in [0.717, 1.165) is 0 Å². The first-order chi connectivity index (χ1) is 13.5. The summed E-state index contributed by atoms with van der Waals surface area (Å²) in [7, 11) is 3.10. The maximum atomic E-state index is 12.4. The van der Waals surface area contributed by atoms with Crippen LogP contribution >= 0.6 is 0 Å². The second-order valence-electron chi connectivity index (χ2n) is 6.28. The highest BCUT2D eigenvalue weighted by Crippen LogP contribution is 2.26. The van der Waals surface area contributed by atoms with Crippen LogP contribution in [-0.4, -0.2) is 38.5 Å². The maximum Gasteiger partial charge on any atom is 0.269 e. The molecule has 1 heterocycles. The molecule has 0 spiro atoms. The summed E-state index contributed by atoms with van der Waals surface area (Å²) in [4.78, 5) is 38.3. The van der Waals surface area contributed by atoms with Crippen LogP contribution in [-0.2, 0) is 9.59 Å². The number of benzene rings is 2. The second-order valence-corrected chi connectivity index (χ2v) is 6.28. The van der Waals surface area contributed by atoms with Crippen molar-refractivity contribution in [2.75, 3.05) is 25.7 Å². The average molecular weight is 383 g/mol. The Hall–Kier alpha value is -3.55. The number of rotatable bonds is 5. The van der Waals surface area contributed by atoms with Gasteiger partial charge >= 0.3 is 0 Å². The third kappa shape index (κ3) is 4.22. The lowest BCUT2D eigenvalue weighted by atomic mass is 10.1. The Morgan fingerprint density at radius 2 is 1.50 bits per heavy atom. The molecule has 1 aliphatic rings. The average Bonchev–Trinajstić information content (AvgIpc) is 3.13. The quantitative estimate of drug-likeness (QED) is 0.763. The van der Waals surface area contributed by atoms with Crippen LogP contribution in [0.3, 0.4) is 0 Å². The highest BCUT2D eigenvalue weighted by molar-refractivity contribution is 6.01. The van der Waals surface area contributed by atoms with Crippen molar-refractivity contribution >= 4 is 23.4 Å². The molecule has 146 valence electrons. The fourth-order valence-electron chi connectivity index (χ4n) is 2.93. The first kappa shape index (κ1) is 19.2. The van der Waals surface area contributed by atoms with Crippen LogP contribution in [0.5, 0.6) is 11.5 Å². The number of carbonyl (C=O) groups is 3. The Morgan fingerprint density at radius 1 is 0.929 bits per heavy atom. The Morgan fingerprint density at radius 3 is 2.07 bits per heavy atom. The minimum Gasteiger partial charge on any atom is -0.497 e. The smallest absolute Gasteiger partial charge is 0.269 e. The summed E-state index contributed by atoms with van der Waals surface area (Å²) in [5.41, 5.74) is 5.84. The number of amides is 3. The van der Waals surface area contributed by atoms with Crippen molar-refractivity contribution in [2.45, 2.75) is 6.42 Å². The van der Waals surface area contributed by atoms with Gasteiger partial charge in [0.05, 0.1) is 20.1 Å². The van der Waals surface area contributed by atoms with E-state index >= 15 is 0 Å². The lowest BCUT2D eigenvalue weighted by Gasteiger charge is -2.17. The highest BCUT2D eigenvalue weighted by Gasteiger charge is 2.35. The van der Waals surface area contributed by atoms with Crippen molar-refractivity contribution < 1.29 is 23.9 Å². The molecule has 3 rings (SSSR count). The zero-order valence-corrected chi connectivity index (χ0v) is 15.6. The monoisotopic (exact) mass is 383 g/mol. The Kier molecular flexibility index (Phi) is 5.78. The van der Waals surface area contributed by atoms with Gasteiger partial charge in [0.25, 0.3) is 5.91 Å². The number of methoxy groups -OCH3 is 2. The summed E-state index contributed by atoms with van der Waals surface area (Å²) in [6.07, 6.45) is 0.0796. The van der Waals surface area contributed by atoms with Crippen LogP contribution in [0.15, 0.2) is 48.5 Å². The fraction of sp³-hybridized carbons (Fsp3) is 0.250. The van der Waals surface area contributed by atoms with E-state index in [1.54, 1.807) is 60.5 Å². The highest BCUT2D eigenvalue weighted by atomic mass is 16.5. The molecule has 2 N–H and O–H groups in total. The summed E-state index contributed by atoms with van der Waals surface area (Å²) in [6, 6.07) is 13.5. The number of hydrazine groups is 1. The molecule has 0 aromatic heterocycles. The number of ether oxygens (including phenoxy) is 2. The third-order valence-corrected chi connectivity index (χ3v) is 4.53. The molecule has 1 saturated heterocycles. The van der Waals surface area contributed by atoms with Gasteiger partial charge in [-0.25, -0.2) is 0 Å². The SMILES string of the molecule is COc1ccc(C(=O)NNC(=O)[C@@H]2CC(=O)N(c3ccc(OC)cc3)C2)cc1. The van der Waals surface area contributed by atoms with Gasteiger partial charge < -0.3 is 14.4 Å². The molecule has 1 atom stereocenters. The van der Waals surface area contributed by atoms with Crippen LogP contribution in [0, 0.1) is 5.92 Å². The number of nitrogens with zero attached hydrogens (tertiary/aromatic N) is 1. The van der Waals surface area contributed by atoms with Crippen molar-refractivity contribution in [2.24, 2.45) is 5.92 Å². The fourth-order valence-corrected chi connectivity index (χ4v) is 2.93. The normalized spacial score (nSPS) is 15.9. The van der Waals surface area contributed by atoms with E-state index in [2.05, 4.69) is 10.9 Å². The molecule has 0 saturated carbocycles. The summed E-state index contributed by atoms with van der Waals surface area (Å²) in [6.45, 7) is 0.245. The first-order valence-electron chi connectivity index (χ1n) is 8.70. The van der Waals surface area contributed by atoms with Gasteiger partial charge in [0.2, 0.25) is 11.8 Å². The molecule has 8 nitrogen and oxygen atoms in total.